The van der Waals surface area contributed by atoms with Crippen LogP contribution in [0.15, 0.2) is 10.6 Å². The highest BCUT2D eigenvalue weighted by atomic mass is 35.5. The summed E-state index contributed by atoms with van der Waals surface area (Å²) in [5, 5.41) is 0. The average molecular weight is 263 g/mol. The molecule has 0 aliphatic heterocycles. The van der Waals surface area contributed by atoms with E-state index in [4.69, 9.17) is 27.9 Å². The zero-order valence-corrected chi connectivity index (χ0v) is 11.0. The second kappa shape index (κ2) is 4.23. The molecule has 2 aliphatic carbocycles. The minimum Gasteiger partial charge on any atom is -0.463 e. The Morgan fingerprint density at radius 3 is 2.44 bits per heavy atom. The molecular formula is C12H16Cl2O2. The molecule has 0 N–H and O–H groups in total. The number of rotatable bonds is 3. The summed E-state index contributed by atoms with van der Waals surface area (Å²) in [5.41, 5.74) is 0.126. The molecule has 0 aromatic carbocycles. The first-order chi connectivity index (χ1) is 7.47. The maximum Gasteiger partial charge on any atom is 0.310 e. The lowest BCUT2D eigenvalue weighted by Gasteiger charge is -2.27. The molecule has 0 radical (unpaired) electrons. The normalized spacial score (nSPS) is 29.8. The number of allylic oxidation sites excluding steroid dienone is 1. The molecule has 2 atom stereocenters. The van der Waals surface area contributed by atoms with E-state index in [-0.39, 0.29) is 33.8 Å². The van der Waals surface area contributed by atoms with E-state index in [0.717, 1.165) is 12.8 Å². The van der Waals surface area contributed by atoms with Gasteiger partial charge in [0.05, 0.1) is 12.0 Å². The van der Waals surface area contributed by atoms with Crippen molar-refractivity contribution in [3.63, 3.8) is 0 Å². The Bertz CT molecular complexity index is 328. The third-order valence-electron chi connectivity index (χ3n) is 3.73. The molecule has 0 aromatic heterocycles. The Hall–Kier alpha value is -0.210. The molecule has 16 heavy (non-hydrogen) atoms. The summed E-state index contributed by atoms with van der Waals surface area (Å²) in [4.78, 5) is 11.9. The predicted molar refractivity (Wildman–Crippen MR) is 64.3 cm³/mol. The van der Waals surface area contributed by atoms with Crippen molar-refractivity contribution >= 4 is 29.2 Å². The van der Waals surface area contributed by atoms with E-state index >= 15 is 0 Å². The minimum absolute atomic E-state index is 0.0175. The monoisotopic (exact) mass is 262 g/mol. The van der Waals surface area contributed by atoms with Crippen molar-refractivity contribution in [3.05, 3.63) is 10.6 Å². The van der Waals surface area contributed by atoms with Crippen molar-refractivity contribution < 1.29 is 9.53 Å². The van der Waals surface area contributed by atoms with Crippen molar-refractivity contribution in [2.45, 2.75) is 39.2 Å². The first-order valence-corrected chi connectivity index (χ1v) is 6.46. The molecule has 0 amide bonds. The van der Waals surface area contributed by atoms with Crippen molar-refractivity contribution in [3.8, 4) is 0 Å². The molecule has 1 spiro atoms. The van der Waals surface area contributed by atoms with Gasteiger partial charge in [-0.2, -0.15) is 0 Å². The number of hydrogen-bond acceptors (Lipinski definition) is 2. The molecule has 2 unspecified atom stereocenters. The maximum atomic E-state index is 11.9. The summed E-state index contributed by atoms with van der Waals surface area (Å²) in [6.07, 6.45) is 5.12. The van der Waals surface area contributed by atoms with E-state index in [1.807, 2.05) is 13.8 Å². The van der Waals surface area contributed by atoms with Gasteiger partial charge in [-0.05, 0) is 44.1 Å². The van der Waals surface area contributed by atoms with Crippen LogP contribution in [0.5, 0.6) is 0 Å². The zero-order chi connectivity index (χ0) is 11.9. The average Bonchev–Trinajstić information content (AvgIpc) is 2.69. The lowest BCUT2D eigenvalue weighted by Crippen LogP contribution is -2.22. The van der Waals surface area contributed by atoms with Gasteiger partial charge in [0.25, 0.3) is 0 Å². The van der Waals surface area contributed by atoms with Crippen molar-refractivity contribution in [2.75, 3.05) is 0 Å². The van der Waals surface area contributed by atoms with Crippen LogP contribution in [0.25, 0.3) is 0 Å². The van der Waals surface area contributed by atoms with Crippen LogP contribution >= 0.6 is 23.2 Å². The molecule has 2 rings (SSSR count). The first kappa shape index (κ1) is 12.3. The van der Waals surface area contributed by atoms with Gasteiger partial charge < -0.3 is 4.74 Å². The summed E-state index contributed by atoms with van der Waals surface area (Å²) in [6.45, 7) is 3.74. The van der Waals surface area contributed by atoms with Crippen LogP contribution in [0.2, 0.25) is 0 Å². The van der Waals surface area contributed by atoms with Crippen molar-refractivity contribution in [1.82, 2.24) is 0 Å². The Morgan fingerprint density at radius 1 is 1.44 bits per heavy atom. The highest BCUT2D eigenvalue weighted by molar-refractivity contribution is 6.55. The molecule has 0 saturated heterocycles. The highest BCUT2D eigenvalue weighted by Gasteiger charge is 2.69. The fourth-order valence-electron chi connectivity index (χ4n) is 2.84. The van der Waals surface area contributed by atoms with Crippen LogP contribution < -0.4 is 0 Å². The standard InChI is InChI=1S/C12H16Cl2O2/c1-7(2)16-11(15)10-8(6-9(13)14)12(10)4-3-5-12/h6-8,10H,3-5H2,1-2H3. The largest absolute Gasteiger partial charge is 0.463 e. The molecule has 2 nitrogen and oxygen atoms in total. The number of halogens is 2. The van der Waals surface area contributed by atoms with E-state index < -0.39 is 0 Å². The third kappa shape index (κ3) is 1.98. The minimum atomic E-state index is -0.0921. The number of esters is 1. The topological polar surface area (TPSA) is 26.3 Å². The smallest absolute Gasteiger partial charge is 0.310 e. The predicted octanol–water partition coefficient (Wildman–Crippen LogP) is 3.67. The van der Waals surface area contributed by atoms with Crippen molar-refractivity contribution in [1.29, 1.82) is 0 Å². The molecule has 2 saturated carbocycles. The fraction of sp³-hybridized carbons (Fsp3) is 0.750. The molecule has 0 bridgehead atoms. The van der Waals surface area contributed by atoms with Gasteiger partial charge in [0.2, 0.25) is 0 Å². The Kier molecular flexibility index (Phi) is 3.24. The Labute approximate surface area is 106 Å². The second-order valence-corrected chi connectivity index (χ2v) is 6.04. The van der Waals surface area contributed by atoms with Gasteiger partial charge in [0.15, 0.2) is 0 Å². The van der Waals surface area contributed by atoms with Crippen molar-refractivity contribution in [2.24, 2.45) is 17.3 Å². The van der Waals surface area contributed by atoms with E-state index in [1.165, 1.54) is 6.42 Å². The lowest BCUT2D eigenvalue weighted by molar-refractivity contribution is -0.150. The summed E-state index contributed by atoms with van der Waals surface area (Å²) in [7, 11) is 0. The third-order valence-corrected chi connectivity index (χ3v) is 3.98. The van der Waals surface area contributed by atoms with Crippen LogP contribution in [0.1, 0.15) is 33.1 Å². The Morgan fingerprint density at radius 2 is 2.06 bits per heavy atom. The summed E-state index contributed by atoms with van der Waals surface area (Å²) in [6, 6.07) is 0. The molecule has 0 heterocycles. The highest BCUT2D eigenvalue weighted by Crippen LogP contribution is 2.71. The van der Waals surface area contributed by atoms with Gasteiger partial charge in [-0.1, -0.05) is 29.6 Å². The molecule has 2 aliphatic rings. The quantitative estimate of drug-likeness (QED) is 0.726. The molecule has 4 heteroatoms. The molecule has 2 fully saturated rings. The van der Waals surface area contributed by atoms with Gasteiger partial charge in [0.1, 0.15) is 4.49 Å². The van der Waals surface area contributed by atoms with Gasteiger partial charge in [-0.25, -0.2) is 0 Å². The molecule has 90 valence electrons. The first-order valence-electron chi connectivity index (χ1n) is 5.71. The lowest BCUT2D eigenvalue weighted by atomic mass is 9.78. The van der Waals surface area contributed by atoms with Gasteiger partial charge in [-0.3, -0.25) is 4.79 Å². The van der Waals surface area contributed by atoms with E-state index in [9.17, 15) is 4.79 Å². The van der Waals surface area contributed by atoms with E-state index in [1.54, 1.807) is 6.08 Å². The summed E-state index contributed by atoms with van der Waals surface area (Å²) < 4.78 is 5.52. The van der Waals surface area contributed by atoms with Crippen LogP contribution in [0.3, 0.4) is 0 Å². The number of hydrogen-bond donors (Lipinski definition) is 0. The van der Waals surface area contributed by atoms with Crippen LogP contribution in [-0.2, 0) is 9.53 Å². The zero-order valence-electron chi connectivity index (χ0n) is 9.50. The van der Waals surface area contributed by atoms with Crippen LogP contribution in [0, 0.1) is 17.3 Å². The van der Waals surface area contributed by atoms with Gasteiger partial charge in [0, 0.05) is 0 Å². The summed E-state index contributed by atoms with van der Waals surface area (Å²) in [5.74, 6) is 0.0826. The van der Waals surface area contributed by atoms with Crippen LogP contribution in [0.4, 0.5) is 0 Å². The van der Waals surface area contributed by atoms with E-state index in [2.05, 4.69) is 0 Å². The van der Waals surface area contributed by atoms with Crippen LogP contribution in [-0.4, -0.2) is 12.1 Å². The molecular weight excluding hydrogens is 247 g/mol. The molecule has 0 aromatic rings. The van der Waals surface area contributed by atoms with Gasteiger partial charge >= 0.3 is 5.97 Å². The SMILES string of the molecule is CC(C)OC(=O)C1C(C=C(Cl)Cl)C12CCC2. The van der Waals surface area contributed by atoms with E-state index in [0.29, 0.717) is 0 Å². The Balaban J connectivity index is 2.05. The second-order valence-electron chi connectivity index (χ2n) is 5.03. The number of ether oxygens (including phenoxy) is 1. The summed E-state index contributed by atoms with van der Waals surface area (Å²) >= 11 is 11.3. The van der Waals surface area contributed by atoms with Gasteiger partial charge in [-0.15, -0.1) is 0 Å². The fourth-order valence-corrected chi connectivity index (χ4v) is 3.11. The number of carbonyl (C=O) groups excluding carboxylic acids is 1. The maximum absolute atomic E-state index is 11.9. The number of carbonyl (C=O) groups is 1.